The SMILES string of the molecule is CC(NCc1ccccc1F)c1ccsc1. The van der Waals surface area contributed by atoms with Crippen LogP contribution in [0.3, 0.4) is 0 Å². The highest BCUT2D eigenvalue weighted by Crippen LogP contribution is 2.16. The third-order valence-corrected chi connectivity index (χ3v) is 3.30. The molecule has 2 aromatic rings. The fraction of sp³-hybridized carbons (Fsp3) is 0.231. The lowest BCUT2D eigenvalue weighted by Crippen LogP contribution is -2.18. The van der Waals surface area contributed by atoms with Crippen LogP contribution >= 0.6 is 11.3 Å². The molecule has 1 aromatic carbocycles. The second-order valence-corrected chi connectivity index (χ2v) is 4.53. The van der Waals surface area contributed by atoms with E-state index in [1.54, 1.807) is 17.4 Å². The fourth-order valence-corrected chi connectivity index (χ4v) is 2.30. The van der Waals surface area contributed by atoms with Crippen LogP contribution in [0.2, 0.25) is 0 Å². The first kappa shape index (κ1) is 11.3. The molecule has 3 heteroatoms. The van der Waals surface area contributed by atoms with E-state index in [0.29, 0.717) is 12.1 Å². The summed E-state index contributed by atoms with van der Waals surface area (Å²) in [6.45, 7) is 2.65. The van der Waals surface area contributed by atoms with Gasteiger partial charge in [-0.25, -0.2) is 4.39 Å². The monoisotopic (exact) mass is 235 g/mol. The topological polar surface area (TPSA) is 12.0 Å². The van der Waals surface area contributed by atoms with E-state index in [-0.39, 0.29) is 11.9 Å². The number of halogens is 1. The molecule has 1 heterocycles. The molecule has 2 rings (SSSR count). The highest BCUT2D eigenvalue weighted by molar-refractivity contribution is 7.07. The summed E-state index contributed by atoms with van der Waals surface area (Å²) in [7, 11) is 0. The van der Waals surface area contributed by atoms with Gasteiger partial charge in [0, 0.05) is 18.2 Å². The second-order valence-electron chi connectivity index (χ2n) is 3.75. The standard InChI is InChI=1S/C13H14FNS/c1-10(12-6-7-16-9-12)15-8-11-4-2-3-5-13(11)14/h2-7,9-10,15H,8H2,1H3. The Morgan fingerprint density at radius 2 is 2.12 bits per heavy atom. The van der Waals surface area contributed by atoms with Crippen molar-refractivity contribution in [3.05, 3.63) is 58.0 Å². The summed E-state index contributed by atoms with van der Waals surface area (Å²) < 4.78 is 13.3. The molecule has 0 radical (unpaired) electrons. The Morgan fingerprint density at radius 3 is 2.81 bits per heavy atom. The fourth-order valence-electron chi connectivity index (χ4n) is 1.54. The van der Waals surface area contributed by atoms with Crippen molar-refractivity contribution in [2.45, 2.75) is 19.5 Å². The summed E-state index contributed by atoms with van der Waals surface area (Å²) in [6, 6.07) is 9.21. The van der Waals surface area contributed by atoms with Gasteiger partial charge in [0.25, 0.3) is 0 Å². The molecule has 0 aliphatic rings. The number of benzene rings is 1. The third-order valence-electron chi connectivity index (χ3n) is 2.60. The molecule has 0 spiro atoms. The zero-order chi connectivity index (χ0) is 11.4. The van der Waals surface area contributed by atoms with Gasteiger partial charge in [-0.05, 0) is 35.4 Å². The van der Waals surface area contributed by atoms with Crippen molar-refractivity contribution >= 4 is 11.3 Å². The van der Waals surface area contributed by atoms with Crippen LogP contribution in [0.5, 0.6) is 0 Å². The van der Waals surface area contributed by atoms with Crippen LogP contribution in [0.15, 0.2) is 41.1 Å². The normalized spacial score (nSPS) is 12.6. The van der Waals surface area contributed by atoms with Gasteiger partial charge in [-0.2, -0.15) is 11.3 Å². The molecule has 0 amide bonds. The van der Waals surface area contributed by atoms with Crippen LogP contribution < -0.4 is 5.32 Å². The lowest BCUT2D eigenvalue weighted by Gasteiger charge is -2.12. The van der Waals surface area contributed by atoms with Crippen molar-refractivity contribution in [3.63, 3.8) is 0 Å². The van der Waals surface area contributed by atoms with Gasteiger partial charge < -0.3 is 5.32 Å². The molecule has 0 saturated heterocycles. The quantitative estimate of drug-likeness (QED) is 0.851. The lowest BCUT2D eigenvalue weighted by molar-refractivity contribution is 0.545. The Hall–Kier alpha value is -1.19. The molecule has 16 heavy (non-hydrogen) atoms. The lowest BCUT2D eigenvalue weighted by atomic mass is 10.1. The summed E-state index contributed by atoms with van der Waals surface area (Å²) in [5.74, 6) is -0.146. The molecule has 1 nitrogen and oxygen atoms in total. The van der Waals surface area contributed by atoms with Crippen LogP contribution in [0.25, 0.3) is 0 Å². The number of hydrogen-bond donors (Lipinski definition) is 1. The van der Waals surface area contributed by atoms with Gasteiger partial charge in [-0.3, -0.25) is 0 Å². The van der Waals surface area contributed by atoms with Crippen LogP contribution in [-0.4, -0.2) is 0 Å². The number of hydrogen-bond acceptors (Lipinski definition) is 2. The Labute approximate surface area is 98.9 Å². The first-order valence-corrected chi connectivity index (χ1v) is 6.20. The highest BCUT2D eigenvalue weighted by atomic mass is 32.1. The highest BCUT2D eigenvalue weighted by Gasteiger charge is 2.06. The van der Waals surface area contributed by atoms with E-state index < -0.39 is 0 Å². The Morgan fingerprint density at radius 1 is 1.31 bits per heavy atom. The Kier molecular flexibility index (Phi) is 3.70. The maximum atomic E-state index is 13.3. The van der Waals surface area contributed by atoms with Crippen molar-refractivity contribution in [2.75, 3.05) is 0 Å². The average molecular weight is 235 g/mol. The molecule has 0 bridgehead atoms. The minimum atomic E-state index is -0.146. The van der Waals surface area contributed by atoms with Gasteiger partial charge in [0.2, 0.25) is 0 Å². The zero-order valence-corrected chi connectivity index (χ0v) is 9.93. The number of nitrogens with one attached hydrogen (secondary N) is 1. The third kappa shape index (κ3) is 2.68. The molecule has 1 aromatic heterocycles. The molecular weight excluding hydrogens is 221 g/mol. The van der Waals surface area contributed by atoms with Crippen LogP contribution in [0.4, 0.5) is 4.39 Å². The van der Waals surface area contributed by atoms with E-state index in [4.69, 9.17) is 0 Å². The summed E-state index contributed by atoms with van der Waals surface area (Å²) in [6.07, 6.45) is 0. The van der Waals surface area contributed by atoms with Crippen LogP contribution in [0.1, 0.15) is 24.1 Å². The number of thiophene rings is 1. The maximum Gasteiger partial charge on any atom is 0.127 e. The van der Waals surface area contributed by atoms with Gasteiger partial charge in [-0.15, -0.1) is 0 Å². The van der Waals surface area contributed by atoms with Crippen molar-refractivity contribution in [1.82, 2.24) is 5.32 Å². The van der Waals surface area contributed by atoms with E-state index in [1.807, 2.05) is 12.1 Å². The van der Waals surface area contributed by atoms with Gasteiger partial charge >= 0.3 is 0 Å². The summed E-state index contributed by atoms with van der Waals surface area (Å²) in [5, 5.41) is 7.47. The van der Waals surface area contributed by atoms with Gasteiger partial charge in [0.15, 0.2) is 0 Å². The predicted molar refractivity (Wildman–Crippen MR) is 66.0 cm³/mol. The first-order valence-electron chi connectivity index (χ1n) is 5.26. The molecule has 1 unspecified atom stereocenters. The van der Waals surface area contributed by atoms with Gasteiger partial charge in [-0.1, -0.05) is 18.2 Å². The van der Waals surface area contributed by atoms with Crippen molar-refractivity contribution in [1.29, 1.82) is 0 Å². The van der Waals surface area contributed by atoms with Gasteiger partial charge in [0.1, 0.15) is 5.82 Å². The first-order chi connectivity index (χ1) is 7.77. The number of rotatable bonds is 4. The minimum absolute atomic E-state index is 0.146. The Balaban J connectivity index is 1.95. The Bertz CT molecular complexity index is 439. The molecule has 0 aliphatic carbocycles. The van der Waals surface area contributed by atoms with Gasteiger partial charge in [0.05, 0.1) is 0 Å². The van der Waals surface area contributed by atoms with E-state index in [1.165, 1.54) is 11.6 Å². The molecule has 0 saturated carbocycles. The summed E-state index contributed by atoms with van der Waals surface area (Å²) >= 11 is 1.68. The van der Waals surface area contributed by atoms with Crippen molar-refractivity contribution < 1.29 is 4.39 Å². The van der Waals surface area contributed by atoms with Crippen molar-refractivity contribution in [2.24, 2.45) is 0 Å². The molecule has 84 valence electrons. The molecule has 0 fully saturated rings. The average Bonchev–Trinajstić information content (AvgIpc) is 2.81. The maximum absolute atomic E-state index is 13.3. The van der Waals surface area contributed by atoms with Crippen LogP contribution in [-0.2, 0) is 6.54 Å². The van der Waals surface area contributed by atoms with Crippen molar-refractivity contribution in [3.8, 4) is 0 Å². The molecule has 0 aliphatic heterocycles. The molecular formula is C13H14FNS. The van der Waals surface area contributed by atoms with Crippen LogP contribution in [0, 0.1) is 5.82 Å². The summed E-state index contributed by atoms with van der Waals surface area (Å²) in [5.41, 5.74) is 1.96. The predicted octanol–water partition coefficient (Wildman–Crippen LogP) is 3.74. The largest absolute Gasteiger partial charge is 0.306 e. The molecule has 1 N–H and O–H groups in total. The van der Waals surface area contributed by atoms with E-state index in [2.05, 4.69) is 29.1 Å². The minimum Gasteiger partial charge on any atom is -0.306 e. The van der Waals surface area contributed by atoms with E-state index in [9.17, 15) is 4.39 Å². The second kappa shape index (κ2) is 5.23. The smallest absolute Gasteiger partial charge is 0.127 e. The zero-order valence-electron chi connectivity index (χ0n) is 9.11. The molecule has 1 atom stereocenters. The van der Waals surface area contributed by atoms with E-state index in [0.717, 1.165) is 0 Å². The summed E-state index contributed by atoms with van der Waals surface area (Å²) in [4.78, 5) is 0. The van der Waals surface area contributed by atoms with E-state index >= 15 is 0 Å².